The van der Waals surface area contributed by atoms with Crippen LogP contribution in [0.25, 0.3) is 0 Å². The highest BCUT2D eigenvalue weighted by Crippen LogP contribution is 2.28. The minimum absolute atomic E-state index is 0.156. The van der Waals surface area contributed by atoms with Crippen LogP contribution in [0.5, 0.6) is 0 Å². The van der Waals surface area contributed by atoms with E-state index in [1.165, 1.54) is 5.56 Å². The lowest BCUT2D eigenvalue weighted by atomic mass is 9.86. The molecule has 17 heavy (non-hydrogen) atoms. The quantitative estimate of drug-likeness (QED) is 0.826. The zero-order valence-corrected chi connectivity index (χ0v) is 11.6. The second-order valence-corrected chi connectivity index (χ2v) is 5.94. The molecule has 1 aromatic carbocycles. The highest BCUT2D eigenvalue weighted by atomic mass is 19.1. The molecule has 0 spiro atoms. The Balaban J connectivity index is 2.79. The van der Waals surface area contributed by atoms with Crippen LogP contribution < -0.4 is 5.32 Å². The van der Waals surface area contributed by atoms with E-state index in [1.54, 1.807) is 12.1 Å². The van der Waals surface area contributed by atoms with Crippen LogP contribution in [0.4, 0.5) is 4.39 Å². The molecule has 1 N–H and O–H groups in total. The Bertz CT molecular complexity index is 366. The molecule has 1 nitrogen and oxygen atoms in total. The molecule has 1 rings (SSSR count). The summed E-state index contributed by atoms with van der Waals surface area (Å²) in [4.78, 5) is 0. The summed E-state index contributed by atoms with van der Waals surface area (Å²) in [6.45, 7) is 8.71. The summed E-state index contributed by atoms with van der Waals surface area (Å²) in [7, 11) is 1.97. The molecular weight excluding hydrogens is 213 g/mol. The van der Waals surface area contributed by atoms with E-state index < -0.39 is 0 Å². The van der Waals surface area contributed by atoms with E-state index in [0.717, 1.165) is 18.4 Å². The van der Waals surface area contributed by atoms with E-state index in [-0.39, 0.29) is 5.82 Å². The van der Waals surface area contributed by atoms with Crippen molar-refractivity contribution in [1.82, 2.24) is 5.32 Å². The number of hydrogen-bond donors (Lipinski definition) is 1. The minimum Gasteiger partial charge on any atom is -0.313 e. The fourth-order valence-corrected chi connectivity index (χ4v) is 2.06. The first-order valence-electron chi connectivity index (χ1n) is 6.27. The second-order valence-electron chi connectivity index (χ2n) is 5.94. The fraction of sp³-hybridized carbons (Fsp3) is 0.600. The van der Waals surface area contributed by atoms with Crippen LogP contribution in [-0.2, 0) is 0 Å². The fourth-order valence-electron chi connectivity index (χ4n) is 2.06. The Hall–Kier alpha value is -0.890. The standard InChI is InChI=1S/C15H24FN/c1-11-10-12(16)6-7-13(11)14(17-5)8-9-15(2,3)4/h6-7,10,14,17H,8-9H2,1-5H3. The molecule has 1 unspecified atom stereocenters. The molecule has 2 heteroatoms. The third-order valence-corrected chi connectivity index (χ3v) is 3.14. The molecule has 0 heterocycles. The predicted octanol–water partition coefficient (Wildman–Crippen LogP) is 4.22. The van der Waals surface area contributed by atoms with E-state index in [9.17, 15) is 4.39 Å². The molecule has 0 bridgehead atoms. The molecule has 1 aromatic rings. The van der Waals surface area contributed by atoms with E-state index in [4.69, 9.17) is 0 Å². The van der Waals surface area contributed by atoms with Gasteiger partial charge in [0.05, 0.1) is 0 Å². The van der Waals surface area contributed by atoms with Crippen molar-refractivity contribution >= 4 is 0 Å². The Kier molecular flexibility index (Phi) is 4.70. The first kappa shape index (κ1) is 14.2. The van der Waals surface area contributed by atoms with Gasteiger partial charge in [0.15, 0.2) is 0 Å². The van der Waals surface area contributed by atoms with Crippen LogP contribution in [0, 0.1) is 18.2 Å². The maximum atomic E-state index is 13.1. The Labute approximate surface area is 104 Å². The van der Waals surface area contributed by atoms with Crippen LogP contribution in [-0.4, -0.2) is 7.05 Å². The monoisotopic (exact) mass is 237 g/mol. The molecule has 0 aliphatic carbocycles. The van der Waals surface area contributed by atoms with Crippen LogP contribution in [0.3, 0.4) is 0 Å². The van der Waals surface area contributed by atoms with E-state index in [2.05, 4.69) is 26.1 Å². The van der Waals surface area contributed by atoms with Crippen molar-refractivity contribution in [3.63, 3.8) is 0 Å². The van der Waals surface area contributed by atoms with Crippen molar-refractivity contribution in [2.45, 2.75) is 46.6 Å². The number of hydrogen-bond acceptors (Lipinski definition) is 1. The molecular formula is C15H24FN. The van der Waals surface area contributed by atoms with Crippen molar-refractivity contribution in [3.8, 4) is 0 Å². The van der Waals surface area contributed by atoms with Crippen molar-refractivity contribution in [1.29, 1.82) is 0 Å². The van der Waals surface area contributed by atoms with Crippen LogP contribution in [0.2, 0.25) is 0 Å². The highest BCUT2D eigenvalue weighted by Gasteiger charge is 2.17. The third kappa shape index (κ3) is 4.47. The Morgan fingerprint density at radius 2 is 1.94 bits per heavy atom. The number of nitrogens with one attached hydrogen (secondary N) is 1. The second kappa shape index (κ2) is 5.63. The van der Waals surface area contributed by atoms with Crippen molar-refractivity contribution in [2.75, 3.05) is 7.05 Å². The molecule has 0 aromatic heterocycles. The summed E-state index contributed by atoms with van der Waals surface area (Å²) in [6.07, 6.45) is 2.22. The largest absolute Gasteiger partial charge is 0.313 e. The van der Waals surface area contributed by atoms with Gasteiger partial charge in [0, 0.05) is 6.04 Å². The summed E-state index contributed by atoms with van der Waals surface area (Å²) < 4.78 is 13.1. The lowest BCUT2D eigenvalue weighted by Crippen LogP contribution is -2.19. The molecule has 0 aliphatic rings. The van der Waals surface area contributed by atoms with E-state index in [1.807, 2.05) is 20.0 Å². The van der Waals surface area contributed by atoms with Crippen molar-refractivity contribution in [3.05, 3.63) is 35.1 Å². The molecule has 1 atom stereocenters. The van der Waals surface area contributed by atoms with Gasteiger partial charge < -0.3 is 5.32 Å². The normalized spacial score (nSPS) is 13.8. The maximum absolute atomic E-state index is 13.1. The zero-order chi connectivity index (χ0) is 13.1. The van der Waals surface area contributed by atoms with Crippen LogP contribution in [0.15, 0.2) is 18.2 Å². The number of aryl methyl sites for hydroxylation is 1. The topological polar surface area (TPSA) is 12.0 Å². The number of benzene rings is 1. The number of rotatable bonds is 4. The molecule has 0 aliphatic heterocycles. The lowest BCUT2D eigenvalue weighted by Gasteiger charge is -2.24. The van der Waals surface area contributed by atoms with Gasteiger partial charge in [-0.1, -0.05) is 26.8 Å². The predicted molar refractivity (Wildman–Crippen MR) is 71.6 cm³/mol. The molecule has 0 radical (unpaired) electrons. The van der Waals surface area contributed by atoms with Crippen molar-refractivity contribution in [2.24, 2.45) is 5.41 Å². The summed E-state index contributed by atoms with van der Waals surface area (Å²) in [5.74, 6) is -0.156. The Morgan fingerprint density at radius 3 is 2.41 bits per heavy atom. The van der Waals surface area contributed by atoms with E-state index >= 15 is 0 Å². The van der Waals surface area contributed by atoms with Crippen molar-refractivity contribution < 1.29 is 4.39 Å². The van der Waals surface area contributed by atoms with Gasteiger partial charge in [0.2, 0.25) is 0 Å². The van der Waals surface area contributed by atoms with Crippen LogP contribution >= 0.6 is 0 Å². The van der Waals surface area contributed by atoms with Gasteiger partial charge in [-0.2, -0.15) is 0 Å². The summed E-state index contributed by atoms with van der Waals surface area (Å²) >= 11 is 0. The third-order valence-electron chi connectivity index (χ3n) is 3.14. The molecule has 0 saturated heterocycles. The molecule has 96 valence electrons. The SMILES string of the molecule is CNC(CCC(C)(C)C)c1ccc(F)cc1C. The van der Waals surface area contributed by atoms with Gasteiger partial charge in [-0.05, 0) is 55.5 Å². The van der Waals surface area contributed by atoms with Crippen LogP contribution in [0.1, 0.15) is 50.8 Å². The molecule has 0 saturated carbocycles. The number of halogens is 1. The smallest absolute Gasteiger partial charge is 0.123 e. The molecule has 0 fully saturated rings. The first-order valence-corrected chi connectivity index (χ1v) is 6.27. The summed E-state index contributed by atoms with van der Waals surface area (Å²) in [5, 5.41) is 3.33. The minimum atomic E-state index is -0.156. The van der Waals surface area contributed by atoms with Gasteiger partial charge >= 0.3 is 0 Å². The van der Waals surface area contributed by atoms with Gasteiger partial charge in [-0.15, -0.1) is 0 Å². The Morgan fingerprint density at radius 1 is 1.29 bits per heavy atom. The van der Waals surface area contributed by atoms with Gasteiger partial charge in [-0.3, -0.25) is 0 Å². The van der Waals surface area contributed by atoms with Gasteiger partial charge in [-0.25, -0.2) is 4.39 Å². The highest BCUT2D eigenvalue weighted by molar-refractivity contribution is 5.29. The zero-order valence-electron chi connectivity index (χ0n) is 11.6. The van der Waals surface area contributed by atoms with Gasteiger partial charge in [0.25, 0.3) is 0 Å². The summed E-state index contributed by atoms with van der Waals surface area (Å²) in [6, 6.07) is 5.37. The average molecular weight is 237 g/mol. The maximum Gasteiger partial charge on any atom is 0.123 e. The van der Waals surface area contributed by atoms with E-state index in [0.29, 0.717) is 11.5 Å². The lowest BCUT2D eigenvalue weighted by molar-refractivity contribution is 0.337. The first-order chi connectivity index (χ1) is 7.83. The average Bonchev–Trinajstić information content (AvgIpc) is 2.19. The van der Waals surface area contributed by atoms with Gasteiger partial charge in [0.1, 0.15) is 5.82 Å². The summed E-state index contributed by atoms with van der Waals surface area (Å²) in [5.41, 5.74) is 2.57. The molecule has 0 amide bonds.